The van der Waals surface area contributed by atoms with Gasteiger partial charge in [0.25, 0.3) is 0 Å². The number of hydrogen-bond acceptors (Lipinski definition) is 2. The molecule has 1 aliphatic carbocycles. The number of imidazole rings is 1. The van der Waals surface area contributed by atoms with Crippen molar-refractivity contribution in [1.82, 2.24) is 15.3 Å². The third kappa shape index (κ3) is 2.35. The first-order chi connectivity index (χ1) is 6.86. The van der Waals surface area contributed by atoms with E-state index in [1.807, 2.05) is 6.20 Å². The number of rotatable bonds is 4. The minimum Gasteiger partial charge on any atom is -0.348 e. The lowest BCUT2D eigenvalue weighted by Crippen LogP contribution is -2.32. The summed E-state index contributed by atoms with van der Waals surface area (Å²) in [5, 5.41) is 3.53. The molecule has 2 rings (SSSR count). The van der Waals surface area contributed by atoms with Crippen molar-refractivity contribution in [3.8, 4) is 0 Å². The van der Waals surface area contributed by atoms with Gasteiger partial charge < -0.3 is 10.3 Å². The Morgan fingerprint density at radius 3 is 3.00 bits per heavy atom. The van der Waals surface area contributed by atoms with Crippen LogP contribution in [0.25, 0.3) is 0 Å². The summed E-state index contributed by atoms with van der Waals surface area (Å²) in [5.74, 6) is 1.92. The van der Waals surface area contributed by atoms with E-state index < -0.39 is 0 Å². The maximum atomic E-state index is 4.20. The number of nitrogens with zero attached hydrogens (tertiary/aromatic N) is 1. The van der Waals surface area contributed by atoms with Crippen LogP contribution in [0.2, 0.25) is 0 Å². The lowest BCUT2D eigenvalue weighted by molar-refractivity contribution is 0.377. The van der Waals surface area contributed by atoms with Crippen molar-refractivity contribution in [2.75, 3.05) is 0 Å². The Bertz CT molecular complexity index is 250. The van der Waals surface area contributed by atoms with Crippen molar-refractivity contribution in [2.24, 2.45) is 5.92 Å². The fraction of sp³-hybridized carbons (Fsp3) is 0.727. The third-order valence-corrected chi connectivity index (χ3v) is 3.25. The van der Waals surface area contributed by atoms with E-state index in [1.165, 1.54) is 25.7 Å². The standard InChI is InChI=1S/C11H19N3/c1-9(10-4-2-3-5-10)14-8-11-12-6-7-13-11/h6-7,9-10,14H,2-5,8H2,1H3,(H,12,13)/t9-/m1/s1. The highest BCUT2D eigenvalue weighted by Gasteiger charge is 2.20. The quantitative estimate of drug-likeness (QED) is 0.768. The highest BCUT2D eigenvalue weighted by atomic mass is 15.0. The average molecular weight is 193 g/mol. The molecule has 0 amide bonds. The van der Waals surface area contributed by atoms with Gasteiger partial charge in [0, 0.05) is 18.4 Å². The summed E-state index contributed by atoms with van der Waals surface area (Å²) in [6.07, 6.45) is 9.29. The van der Waals surface area contributed by atoms with Crippen LogP contribution in [0.15, 0.2) is 12.4 Å². The van der Waals surface area contributed by atoms with Crippen molar-refractivity contribution in [3.63, 3.8) is 0 Å². The Labute approximate surface area is 85.3 Å². The van der Waals surface area contributed by atoms with Crippen LogP contribution in [0.4, 0.5) is 0 Å². The Hall–Kier alpha value is -0.830. The minimum atomic E-state index is 0.627. The number of aromatic amines is 1. The van der Waals surface area contributed by atoms with E-state index >= 15 is 0 Å². The van der Waals surface area contributed by atoms with Gasteiger partial charge in [0.15, 0.2) is 0 Å². The van der Waals surface area contributed by atoms with Crippen LogP contribution in [-0.2, 0) is 6.54 Å². The van der Waals surface area contributed by atoms with Crippen LogP contribution in [0.5, 0.6) is 0 Å². The van der Waals surface area contributed by atoms with E-state index in [2.05, 4.69) is 22.2 Å². The summed E-state index contributed by atoms with van der Waals surface area (Å²) >= 11 is 0. The third-order valence-electron chi connectivity index (χ3n) is 3.25. The van der Waals surface area contributed by atoms with Crippen LogP contribution in [0, 0.1) is 5.92 Å². The molecule has 14 heavy (non-hydrogen) atoms. The number of H-pyrrole nitrogens is 1. The number of nitrogens with one attached hydrogen (secondary N) is 2. The Morgan fingerprint density at radius 2 is 2.36 bits per heavy atom. The molecular weight excluding hydrogens is 174 g/mol. The molecule has 2 N–H and O–H groups in total. The van der Waals surface area contributed by atoms with Crippen LogP contribution in [-0.4, -0.2) is 16.0 Å². The lowest BCUT2D eigenvalue weighted by Gasteiger charge is -2.19. The zero-order chi connectivity index (χ0) is 9.80. The topological polar surface area (TPSA) is 40.7 Å². The molecular formula is C11H19N3. The second-order valence-corrected chi connectivity index (χ2v) is 4.25. The van der Waals surface area contributed by atoms with Gasteiger partial charge in [0.1, 0.15) is 5.82 Å². The molecule has 1 fully saturated rings. The Morgan fingerprint density at radius 1 is 1.57 bits per heavy atom. The fourth-order valence-electron chi connectivity index (χ4n) is 2.28. The lowest BCUT2D eigenvalue weighted by atomic mass is 10.00. The van der Waals surface area contributed by atoms with E-state index in [-0.39, 0.29) is 0 Å². The van der Waals surface area contributed by atoms with Gasteiger partial charge in [-0.2, -0.15) is 0 Å². The van der Waals surface area contributed by atoms with Crippen molar-refractivity contribution < 1.29 is 0 Å². The molecule has 78 valence electrons. The molecule has 1 heterocycles. The van der Waals surface area contributed by atoms with Crippen LogP contribution in [0.3, 0.4) is 0 Å². The van der Waals surface area contributed by atoms with Crippen molar-refractivity contribution in [3.05, 3.63) is 18.2 Å². The highest BCUT2D eigenvalue weighted by molar-refractivity contribution is 4.87. The van der Waals surface area contributed by atoms with Gasteiger partial charge in [-0.1, -0.05) is 12.8 Å². The van der Waals surface area contributed by atoms with E-state index in [0.29, 0.717) is 6.04 Å². The van der Waals surface area contributed by atoms with Gasteiger partial charge in [-0.25, -0.2) is 4.98 Å². The Balaban J connectivity index is 1.74. The molecule has 3 nitrogen and oxygen atoms in total. The molecule has 3 heteroatoms. The predicted molar refractivity (Wildman–Crippen MR) is 56.8 cm³/mol. The van der Waals surface area contributed by atoms with Gasteiger partial charge in [0.05, 0.1) is 6.54 Å². The maximum absolute atomic E-state index is 4.20. The van der Waals surface area contributed by atoms with Gasteiger partial charge in [-0.3, -0.25) is 0 Å². The average Bonchev–Trinajstić information content (AvgIpc) is 2.87. The molecule has 1 aromatic rings. The van der Waals surface area contributed by atoms with Gasteiger partial charge >= 0.3 is 0 Å². The second-order valence-electron chi connectivity index (χ2n) is 4.25. The summed E-state index contributed by atoms with van der Waals surface area (Å²) in [5.41, 5.74) is 0. The number of aromatic nitrogens is 2. The Kier molecular flexibility index (Phi) is 3.19. The van der Waals surface area contributed by atoms with Gasteiger partial charge in [-0.15, -0.1) is 0 Å². The highest BCUT2D eigenvalue weighted by Crippen LogP contribution is 2.27. The molecule has 0 unspecified atom stereocenters. The summed E-state index contributed by atoms with van der Waals surface area (Å²) < 4.78 is 0. The first-order valence-electron chi connectivity index (χ1n) is 5.58. The van der Waals surface area contributed by atoms with Crippen LogP contribution < -0.4 is 5.32 Å². The second kappa shape index (κ2) is 4.60. The summed E-state index contributed by atoms with van der Waals surface area (Å²) in [6.45, 7) is 3.16. The molecule has 1 aromatic heterocycles. The normalized spacial score (nSPS) is 20.1. The smallest absolute Gasteiger partial charge is 0.120 e. The van der Waals surface area contributed by atoms with E-state index in [4.69, 9.17) is 0 Å². The summed E-state index contributed by atoms with van der Waals surface area (Å²) in [4.78, 5) is 7.31. The molecule has 0 aromatic carbocycles. The van der Waals surface area contributed by atoms with E-state index in [1.54, 1.807) is 6.20 Å². The zero-order valence-electron chi connectivity index (χ0n) is 8.79. The van der Waals surface area contributed by atoms with Crippen LogP contribution in [0.1, 0.15) is 38.4 Å². The van der Waals surface area contributed by atoms with Crippen molar-refractivity contribution in [1.29, 1.82) is 0 Å². The molecule has 1 saturated carbocycles. The largest absolute Gasteiger partial charge is 0.348 e. The molecule has 0 saturated heterocycles. The SMILES string of the molecule is C[C@@H](NCc1ncc[nH]1)C1CCCC1. The minimum absolute atomic E-state index is 0.627. The molecule has 0 radical (unpaired) electrons. The monoisotopic (exact) mass is 193 g/mol. The van der Waals surface area contributed by atoms with Crippen molar-refractivity contribution in [2.45, 2.75) is 45.2 Å². The first-order valence-corrected chi connectivity index (χ1v) is 5.58. The fourth-order valence-corrected chi connectivity index (χ4v) is 2.28. The summed E-state index contributed by atoms with van der Waals surface area (Å²) in [7, 11) is 0. The van der Waals surface area contributed by atoms with E-state index in [0.717, 1.165) is 18.3 Å². The molecule has 0 bridgehead atoms. The van der Waals surface area contributed by atoms with Gasteiger partial charge in [-0.05, 0) is 25.7 Å². The molecule has 0 spiro atoms. The van der Waals surface area contributed by atoms with Gasteiger partial charge in [0.2, 0.25) is 0 Å². The molecule has 0 aliphatic heterocycles. The molecule has 1 aliphatic rings. The predicted octanol–water partition coefficient (Wildman–Crippen LogP) is 2.08. The molecule has 1 atom stereocenters. The maximum Gasteiger partial charge on any atom is 0.120 e. The zero-order valence-corrected chi connectivity index (χ0v) is 8.79. The van der Waals surface area contributed by atoms with Crippen molar-refractivity contribution >= 4 is 0 Å². The first kappa shape index (κ1) is 9.71. The summed E-state index contributed by atoms with van der Waals surface area (Å²) in [6, 6.07) is 0.627. The van der Waals surface area contributed by atoms with E-state index in [9.17, 15) is 0 Å². The number of hydrogen-bond donors (Lipinski definition) is 2. The van der Waals surface area contributed by atoms with Crippen LogP contribution >= 0.6 is 0 Å².